The zero-order chi connectivity index (χ0) is 15.8. The summed E-state index contributed by atoms with van der Waals surface area (Å²) in [4.78, 5) is 4.00. The Morgan fingerprint density at radius 2 is 2.23 bits per heavy atom. The van der Waals surface area contributed by atoms with Gasteiger partial charge in [0, 0.05) is 23.0 Å². The summed E-state index contributed by atoms with van der Waals surface area (Å²) >= 11 is 12.2. The van der Waals surface area contributed by atoms with Crippen molar-refractivity contribution in [1.29, 1.82) is 0 Å². The molecule has 1 heterocycles. The van der Waals surface area contributed by atoms with Gasteiger partial charge in [0.1, 0.15) is 5.76 Å². The van der Waals surface area contributed by atoms with Gasteiger partial charge < -0.3 is 14.0 Å². The summed E-state index contributed by atoms with van der Waals surface area (Å²) in [5.74, 6) is 0.594. The highest BCUT2D eigenvalue weighted by molar-refractivity contribution is 6.35. The van der Waals surface area contributed by atoms with Crippen LogP contribution in [0.3, 0.4) is 0 Å². The van der Waals surface area contributed by atoms with E-state index in [1.807, 2.05) is 12.3 Å². The molecule has 0 radical (unpaired) electrons. The quantitative estimate of drug-likeness (QED) is 0.388. The Kier molecular flexibility index (Phi) is 6.77. The van der Waals surface area contributed by atoms with Gasteiger partial charge in [-0.15, -0.1) is 0 Å². The van der Waals surface area contributed by atoms with Crippen LogP contribution in [0.5, 0.6) is 0 Å². The van der Waals surface area contributed by atoms with Crippen molar-refractivity contribution in [2.45, 2.75) is 19.8 Å². The topological polar surface area (TPSA) is 36.3 Å². The molecule has 0 N–H and O–H groups in total. The third-order valence-corrected chi connectivity index (χ3v) is 3.48. The number of benzene rings is 1. The molecular formula is C16H18Cl2N2O2. The molecule has 0 unspecified atom stereocenters. The van der Waals surface area contributed by atoms with Crippen molar-refractivity contribution in [3.8, 4) is 0 Å². The number of unbranched alkanes of at least 4 members (excludes halogenated alkanes) is 1. The lowest BCUT2D eigenvalue weighted by Crippen LogP contribution is -2.02. The van der Waals surface area contributed by atoms with Crippen LogP contribution < -0.4 is 0 Å². The van der Waals surface area contributed by atoms with E-state index < -0.39 is 0 Å². The number of aromatic nitrogens is 2. The maximum atomic E-state index is 6.26. The van der Waals surface area contributed by atoms with Crippen LogP contribution in [0.1, 0.15) is 25.3 Å². The van der Waals surface area contributed by atoms with E-state index in [1.54, 1.807) is 35.4 Å². The molecule has 0 aliphatic rings. The molecule has 1 aromatic carbocycles. The maximum absolute atomic E-state index is 6.26. The van der Waals surface area contributed by atoms with Gasteiger partial charge in [0.05, 0.1) is 24.2 Å². The molecule has 2 aromatic rings. The van der Waals surface area contributed by atoms with Gasteiger partial charge in [-0.05, 0) is 24.6 Å². The highest BCUT2D eigenvalue weighted by atomic mass is 35.5. The lowest BCUT2D eigenvalue weighted by molar-refractivity contribution is -0.00191. The second kappa shape index (κ2) is 8.83. The zero-order valence-corrected chi connectivity index (χ0v) is 13.8. The zero-order valence-electron chi connectivity index (χ0n) is 12.3. The normalized spacial score (nSPS) is 11.7. The largest absolute Gasteiger partial charge is 0.465 e. The first-order valence-electron chi connectivity index (χ1n) is 7.06. The number of imidazole rings is 1. The third-order valence-electron chi connectivity index (χ3n) is 2.93. The van der Waals surface area contributed by atoms with Gasteiger partial charge in [-0.2, -0.15) is 0 Å². The van der Waals surface area contributed by atoms with E-state index in [2.05, 4.69) is 11.9 Å². The van der Waals surface area contributed by atoms with Gasteiger partial charge in [0.15, 0.2) is 6.79 Å². The molecule has 2 rings (SSSR count). The summed E-state index contributed by atoms with van der Waals surface area (Å²) in [7, 11) is 0. The van der Waals surface area contributed by atoms with Gasteiger partial charge >= 0.3 is 0 Å². The van der Waals surface area contributed by atoms with E-state index in [-0.39, 0.29) is 6.79 Å². The molecule has 0 saturated heterocycles. The van der Waals surface area contributed by atoms with Crippen molar-refractivity contribution in [2.24, 2.45) is 0 Å². The van der Waals surface area contributed by atoms with E-state index >= 15 is 0 Å². The Bertz CT molecular complexity index is 613. The SMILES string of the molecule is CCCCOCOC(=Cn1ccnc1)c1ccc(Cl)cc1Cl. The van der Waals surface area contributed by atoms with E-state index in [0.717, 1.165) is 18.4 Å². The number of halogens is 2. The van der Waals surface area contributed by atoms with E-state index in [0.29, 0.717) is 22.4 Å². The number of ether oxygens (including phenoxy) is 2. The molecule has 0 bridgehead atoms. The Morgan fingerprint density at radius 1 is 1.36 bits per heavy atom. The Balaban J connectivity index is 2.14. The molecule has 4 nitrogen and oxygen atoms in total. The van der Waals surface area contributed by atoms with Crippen LogP contribution in [0.4, 0.5) is 0 Å². The lowest BCUT2D eigenvalue weighted by Gasteiger charge is -2.13. The fourth-order valence-electron chi connectivity index (χ4n) is 1.77. The highest BCUT2D eigenvalue weighted by Crippen LogP contribution is 2.28. The van der Waals surface area contributed by atoms with Crippen molar-refractivity contribution in [2.75, 3.05) is 13.4 Å². The van der Waals surface area contributed by atoms with E-state index in [4.69, 9.17) is 32.7 Å². The molecule has 22 heavy (non-hydrogen) atoms. The van der Waals surface area contributed by atoms with Crippen LogP contribution in [0.25, 0.3) is 12.0 Å². The van der Waals surface area contributed by atoms with Crippen molar-refractivity contribution in [3.05, 3.63) is 52.5 Å². The minimum atomic E-state index is 0.166. The van der Waals surface area contributed by atoms with Gasteiger partial charge in [0.25, 0.3) is 0 Å². The summed E-state index contributed by atoms with van der Waals surface area (Å²) in [6.07, 6.45) is 9.06. The lowest BCUT2D eigenvalue weighted by atomic mass is 10.2. The average molecular weight is 341 g/mol. The fourth-order valence-corrected chi connectivity index (χ4v) is 2.27. The van der Waals surface area contributed by atoms with Crippen molar-refractivity contribution >= 4 is 35.2 Å². The number of nitrogens with zero attached hydrogens (tertiary/aromatic N) is 2. The minimum absolute atomic E-state index is 0.166. The Labute approximate surface area is 140 Å². The number of hydrogen-bond donors (Lipinski definition) is 0. The molecule has 1 aromatic heterocycles. The standard InChI is InChI=1S/C16H18Cl2N2O2/c1-2-3-8-21-12-22-16(10-20-7-6-19-11-20)14-5-4-13(17)9-15(14)18/h4-7,9-11H,2-3,8,12H2,1H3. The first-order valence-corrected chi connectivity index (χ1v) is 7.81. The van der Waals surface area contributed by atoms with Crippen LogP contribution in [-0.4, -0.2) is 23.0 Å². The van der Waals surface area contributed by atoms with Gasteiger partial charge in [-0.1, -0.05) is 36.5 Å². The van der Waals surface area contributed by atoms with Gasteiger partial charge in [-0.25, -0.2) is 4.98 Å². The van der Waals surface area contributed by atoms with Gasteiger partial charge in [0.2, 0.25) is 0 Å². The summed E-state index contributed by atoms with van der Waals surface area (Å²) in [5.41, 5.74) is 0.749. The average Bonchev–Trinajstić information content (AvgIpc) is 2.99. The molecule has 0 amide bonds. The first kappa shape index (κ1) is 16.9. The molecule has 0 aliphatic heterocycles. The fraction of sp³-hybridized carbons (Fsp3) is 0.312. The highest BCUT2D eigenvalue weighted by Gasteiger charge is 2.09. The minimum Gasteiger partial charge on any atom is -0.465 e. The Morgan fingerprint density at radius 3 is 2.91 bits per heavy atom. The maximum Gasteiger partial charge on any atom is 0.189 e. The smallest absolute Gasteiger partial charge is 0.189 e. The Hall–Kier alpha value is -1.49. The predicted octanol–water partition coefficient (Wildman–Crippen LogP) is 4.94. The van der Waals surface area contributed by atoms with Crippen molar-refractivity contribution in [3.63, 3.8) is 0 Å². The number of hydrogen-bond acceptors (Lipinski definition) is 3. The summed E-state index contributed by atoms with van der Waals surface area (Å²) < 4.78 is 13.0. The third kappa shape index (κ3) is 5.05. The molecule has 118 valence electrons. The summed E-state index contributed by atoms with van der Waals surface area (Å²) in [6.45, 7) is 2.95. The van der Waals surface area contributed by atoms with Crippen LogP contribution in [0.2, 0.25) is 10.0 Å². The van der Waals surface area contributed by atoms with Gasteiger partial charge in [-0.3, -0.25) is 0 Å². The van der Waals surface area contributed by atoms with Crippen molar-refractivity contribution in [1.82, 2.24) is 9.55 Å². The molecular weight excluding hydrogens is 323 g/mol. The van der Waals surface area contributed by atoms with Crippen LogP contribution in [0, 0.1) is 0 Å². The monoisotopic (exact) mass is 340 g/mol. The van der Waals surface area contributed by atoms with Crippen molar-refractivity contribution < 1.29 is 9.47 Å². The summed E-state index contributed by atoms with van der Waals surface area (Å²) in [5, 5.41) is 1.10. The molecule has 0 spiro atoms. The van der Waals surface area contributed by atoms with Crippen LogP contribution >= 0.6 is 23.2 Å². The van der Waals surface area contributed by atoms with E-state index in [1.165, 1.54) is 0 Å². The molecule has 6 heteroatoms. The molecule has 0 saturated carbocycles. The summed E-state index contributed by atoms with van der Waals surface area (Å²) in [6, 6.07) is 5.27. The predicted molar refractivity (Wildman–Crippen MR) is 89.7 cm³/mol. The van der Waals surface area contributed by atoms with Crippen LogP contribution in [-0.2, 0) is 9.47 Å². The molecule has 0 atom stereocenters. The second-order valence-corrected chi connectivity index (χ2v) is 5.50. The molecule has 0 fully saturated rings. The number of rotatable bonds is 8. The van der Waals surface area contributed by atoms with E-state index in [9.17, 15) is 0 Å². The van der Waals surface area contributed by atoms with Crippen LogP contribution in [0.15, 0.2) is 36.9 Å². The second-order valence-electron chi connectivity index (χ2n) is 4.65. The first-order chi connectivity index (χ1) is 10.7. The molecule has 0 aliphatic carbocycles.